The summed E-state index contributed by atoms with van der Waals surface area (Å²) in [6.45, 7) is 12.4. The lowest BCUT2D eigenvalue weighted by molar-refractivity contribution is 0.437. The molecule has 0 saturated heterocycles. The lowest BCUT2D eigenvalue weighted by atomic mass is 9.91. The molecule has 20 heavy (non-hydrogen) atoms. The van der Waals surface area contributed by atoms with Gasteiger partial charge in [0.2, 0.25) is 0 Å². The Labute approximate surface area is 121 Å². The van der Waals surface area contributed by atoms with Crippen LogP contribution in [0.15, 0.2) is 24.3 Å². The fraction of sp³-hybridized carbons (Fsp3) is 0.471. The SMILES string of the molecule is Cc1ccc(-n2nc(C(C)(C)C)c(O)c2C(C)C)cc1. The van der Waals surface area contributed by atoms with Crippen LogP contribution < -0.4 is 0 Å². The van der Waals surface area contributed by atoms with Gasteiger partial charge in [0, 0.05) is 5.41 Å². The molecule has 1 aromatic heterocycles. The lowest BCUT2D eigenvalue weighted by Gasteiger charge is -2.15. The van der Waals surface area contributed by atoms with Crippen molar-refractivity contribution in [1.82, 2.24) is 9.78 Å². The van der Waals surface area contributed by atoms with Crippen LogP contribution in [0.2, 0.25) is 0 Å². The first kappa shape index (κ1) is 14.6. The number of hydrogen-bond donors (Lipinski definition) is 1. The smallest absolute Gasteiger partial charge is 0.161 e. The molecule has 3 nitrogen and oxygen atoms in total. The van der Waals surface area contributed by atoms with E-state index in [9.17, 15) is 5.11 Å². The second kappa shape index (κ2) is 4.97. The van der Waals surface area contributed by atoms with Crippen LogP contribution in [0, 0.1) is 6.92 Å². The van der Waals surface area contributed by atoms with Crippen LogP contribution in [0.25, 0.3) is 5.69 Å². The summed E-state index contributed by atoms with van der Waals surface area (Å²) >= 11 is 0. The molecule has 1 aromatic carbocycles. The predicted octanol–water partition coefficient (Wildman–Crippen LogP) is 4.31. The van der Waals surface area contributed by atoms with Crippen molar-refractivity contribution >= 4 is 0 Å². The normalized spacial score (nSPS) is 12.2. The van der Waals surface area contributed by atoms with E-state index in [-0.39, 0.29) is 11.3 Å². The molecule has 2 aromatic rings. The highest BCUT2D eigenvalue weighted by Gasteiger charge is 2.28. The Morgan fingerprint density at radius 2 is 1.65 bits per heavy atom. The summed E-state index contributed by atoms with van der Waals surface area (Å²) in [7, 11) is 0. The highest BCUT2D eigenvalue weighted by Crippen LogP contribution is 2.37. The van der Waals surface area contributed by atoms with Crippen LogP contribution in [-0.2, 0) is 5.41 Å². The molecule has 0 radical (unpaired) electrons. The van der Waals surface area contributed by atoms with E-state index in [2.05, 4.69) is 58.8 Å². The van der Waals surface area contributed by atoms with Crippen molar-refractivity contribution in [2.45, 2.75) is 52.9 Å². The molecule has 0 aliphatic rings. The maximum atomic E-state index is 10.5. The zero-order valence-corrected chi connectivity index (χ0v) is 13.2. The quantitative estimate of drug-likeness (QED) is 0.884. The first-order valence-corrected chi connectivity index (χ1v) is 7.11. The number of aromatic nitrogens is 2. The molecule has 2 rings (SSSR count). The molecule has 0 saturated carbocycles. The van der Waals surface area contributed by atoms with Crippen molar-refractivity contribution in [2.24, 2.45) is 0 Å². The summed E-state index contributed by atoms with van der Waals surface area (Å²) in [5.74, 6) is 0.535. The van der Waals surface area contributed by atoms with E-state index in [0.717, 1.165) is 17.1 Å². The summed E-state index contributed by atoms with van der Waals surface area (Å²) in [5.41, 5.74) is 3.65. The van der Waals surface area contributed by atoms with Crippen molar-refractivity contribution in [1.29, 1.82) is 0 Å². The van der Waals surface area contributed by atoms with Gasteiger partial charge >= 0.3 is 0 Å². The number of hydrogen-bond acceptors (Lipinski definition) is 2. The van der Waals surface area contributed by atoms with Gasteiger partial charge in [-0.2, -0.15) is 5.10 Å². The van der Waals surface area contributed by atoms with Crippen LogP contribution in [0.5, 0.6) is 5.75 Å². The van der Waals surface area contributed by atoms with E-state index in [4.69, 9.17) is 0 Å². The maximum Gasteiger partial charge on any atom is 0.161 e. The highest BCUT2D eigenvalue weighted by molar-refractivity contribution is 5.45. The molecule has 108 valence electrons. The van der Waals surface area contributed by atoms with Crippen molar-refractivity contribution in [2.75, 3.05) is 0 Å². The molecule has 0 unspecified atom stereocenters. The van der Waals surface area contributed by atoms with Crippen molar-refractivity contribution in [3.63, 3.8) is 0 Å². The van der Waals surface area contributed by atoms with E-state index < -0.39 is 0 Å². The summed E-state index contributed by atoms with van der Waals surface area (Å²) < 4.78 is 1.88. The fourth-order valence-corrected chi connectivity index (χ4v) is 2.33. The molecular formula is C17H24N2O. The van der Waals surface area contributed by atoms with Crippen molar-refractivity contribution in [3.05, 3.63) is 41.2 Å². The fourth-order valence-electron chi connectivity index (χ4n) is 2.33. The first-order chi connectivity index (χ1) is 9.21. The molecule has 1 N–H and O–H groups in total. The van der Waals surface area contributed by atoms with Crippen LogP contribution in [0.4, 0.5) is 0 Å². The number of aromatic hydroxyl groups is 1. The van der Waals surface area contributed by atoms with Crippen LogP contribution in [-0.4, -0.2) is 14.9 Å². The zero-order valence-electron chi connectivity index (χ0n) is 13.2. The number of aryl methyl sites for hydroxylation is 1. The number of nitrogens with zero attached hydrogens (tertiary/aromatic N) is 2. The molecule has 3 heteroatoms. The van der Waals surface area contributed by atoms with Crippen LogP contribution in [0.3, 0.4) is 0 Å². The van der Waals surface area contributed by atoms with Gasteiger partial charge in [0.05, 0.1) is 11.4 Å². The average molecular weight is 272 g/mol. The molecule has 0 aliphatic carbocycles. The largest absolute Gasteiger partial charge is 0.504 e. The van der Waals surface area contributed by atoms with Crippen molar-refractivity contribution < 1.29 is 5.11 Å². The van der Waals surface area contributed by atoms with E-state index >= 15 is 0 Å². The Morgan fingerprint density at radius 3 is 2.10 bits per heavy atom. The molecule has 0 fully saturated rings. The molecule has 0 bridgehead atoms. The maximum absolute atomic E-state index is 10.5. The van der Waals surface area contributed by atoms with Gasteiger partial charge < -0.3 is 5.11 Å². The van der Waals surface area contributed by atoms with E-state index in [1.807, 2.05) is 16.8 Å². The minimum atomic E-state index is -0.177. The third-order valence-corrected chi connectivity index (χ3v) is 3.43. The summed E-state index contributed by atoms with van der Waals surface area (Å²) in [6.07, 6.45) is 0. The van der Waals surface area contributed by atoms with Crippen LogP contribution >= 0.6 is 0 Å². The lowest BCUT2D eigenvalue weighted by Crippen LogP contribution is -2.13. The number of benzene rings is 1. The molecule has 0 spiro atoms. The Bertz CT molecular complexity index is 601. The Hall–Kier alpha value is -1.77. The van der Waals surface area contributed by atoms with E-state index in [1.165, 1.54) is 5.56 Å². The predicted molar refractivity (Wildman–Crippen MR) is 82.8 cm³/mol. The Morgan fingerprint density at radius 1 is 1.10 bits per heavy atom. The van der Waals surface area contributed by atoms with Gasteiger partial charge in [-0.3, -0.25) is 0 Å². The van der Waals surface area contributed by atoms with E-state index in [1.54, 1.807) is 0 Å². The second-order valence-electron chi connectivity index (χ2n) is 6.73. The average Bonchev–Trinajstić information content (AvgIpc) is 2.67. The molecule has 0 aliphatic heterocycles. The third kappa shape index (κ3) is 2.58. The topological polar surface area (TPSA) is 38.0 Å². The van der Waals surface area contributed by atoms with Crippen LogP contribution in [0.1, 0.15) is 57.5 Å². The molecule has 0 amide bonds. The first-order valence-electron chi connectivity index (χ1n) is 7.11. The third-order valence-electron chi connectivity index (χ3n) is 3.43. The molecule has 0 atom stereocenters. The summed E-state index contributed by atoms with van der Waals surface area (Å²) in [4.78, 5) is 0. The summed E-state index contributed by atoms with van der Waals surface area (Å²) in [5, 5.41) is 15.2. The van der Waals surface area contributed by atoms with E-state index in [0.29, 0.717) is 5.75 Å². The van der Waals surface area contributed by atoms with Crippen molar-refractivity contribution in [3.8, 4) is 11.4 Å². The van der Waals surface area contributed by atoms with Gasteiger partial charge in [-0.1, -0.05) is 52.3 Å². The van der Waals surface area contributed by atoms with Gasteiger partial charge in [0.15, 0.2) is 5.75 Å². The summed E-state index contributed by atoms with van der Waals surface area (Å²) in [6, 6.07) is 8.21. The minimum absolute atomic E-state index is 0.177. The van der Waals surface area contributed by atoms with Gasteiger partial charge in [-0.15, -0.1) is 0 Å². The Balaban J connectivity index is 2.66. The van der Waals surface area contributed by atoms with Gasteiger partial charge in [0.1, 0.15) is 5.69 Å². The van der Waals surface area contributed by atoms with Gasteiger partial charge in [-0.05, 0) is 25.0 Å². The highest BCUT2D eigenvalue weighted by atomic mass is 16.3. The standard InChI is InChI=1S/C17H24N2O/c1-11(2)14-15(20)16(17(4,5)6)18-19(14)13-9-7-12(3)8-10-13/h7-11,20H,1-6H3. The number of rotatable bonds is 2. The van der Waals surface area contributed by atoms with Gasteiger partial charge in [0.25, 0.3) is 0 Å². The molecular weight excluding hydrogens is 248 g/mol. The zero-order chi connectivity index (χ0) is 15.1. The second-order valence-corrected chi connectivity index (χ2v) is 6.73. The molecule has 1 heterocycles. The minimum Gasteiger partial charge on any atom is -0.504 e. The monoisotopic (exact) mass is 272 g/mol. The Kier molecular flexibility index (Phi) is 3.63. The van der Waals surface area contributed by atoms with Gasteiger partial charge in [-0.25, -0.2) is 4.68 Å².